The summed E-state index contributed by atoms with van der Waals surface area (Å²) in [6.45, 7) is 0. The van der Waals surface area contributed by atoms with Crippen molar-refractivity contribution in [3.63, 3.8) is 0 Å². The van der Waals surface area contributed by atoms with Crippen molar-refractivity contribution in [2.24, 2.45) is 5.73 Å². The van der Waals surface area contributed by atoms with Gasteiger partial charge in [-0.05, 0) is 43.0 Å². The zero-order valence-electron chi connectivity index (χ0n) is 10.3. The number of nitrogens with zero attached hydrogens (tertiary/aromatic N) is 1. The largest absolute Gasteiger partial charge is 0.496 e. The van der Waals surface area contributed by atoms with Crippen LogP contribution in [-0.2, 0) is 6.42 Å². The van der Waals surface area contributed by atoms with Crippen molar-refractivity contribution in [1.82, 2.24) is 0 Å². The molecular formula is C13H20N2O. The lowest BCUT2D eigenvalue weighted by Crippen LogP contribution is -2.25. The lowest BCUT2D eigenvalue weighted by Gasteiger charge is -2.18. The van der Waals surface area contributed by atoms with E-state index in [0.717, 1.165) is 25.0 Å². The fourth-order valence-electron chi connectivity index (χ4n) is 1.90. The van der Waals surface area contributed by atoms with Gasteiger partial charge in [-0.2, -0.15) is 0 Å². The minimum absolute atomic E-state index is 0.0260. The standard InChI is InChI=1S/C13H20N2O/c1-15(2)11-4-5-12(16-3)10(8-11)9-13(14)6-7-13/h4-5,8H,6-7,9,14H2,1-3H3. The monoisotopic (exact) mass is 220 g/mol. The van der Waals surface area contributed by atoms with E-state index < -0.39 is 0 Å². The summed E-state index contributed by atoms with van der Waals surface area (Å²) in [5, 5.41) is 0. The molecule has 0 aliphatic heterocycles. The van der Waals surface area contributed by atoms with Crippen molar-refractivity contribution in [2.75, 3.05) is 26.1 Å². The van der Waals surface area contributed by atoms with Crippen LogP contribution in [0, 0.1) is 0 Å². The molecule has 3 heteroatoms. The van der Waals surface area contributed by atoms with Crippen LogP contribution in [0.25, 0.3) is 0 Å². The van der Waals surface area contributed by atoms with E-state index in [-0.39, 0.29) is 5.54 Å². The number of nitrogens with two attached hydrogens (primary N) is 1. The minimum atomic E-state index is 0.0260. The Balaban J connectivity index is 2.27. The fraction of sp³-hybridized carbons (Fsp3) is 0.538. The fourth-order valence-corrected chi connectivity index (χ4v) is 1.90. The average molecular weight is 220 g/mol. The maximum atomic E-state index is 6.16. The topological polar surface area (TPSA) is 38.5 Å². The zero-order valence-corrected chi connectivity index (χ0v) is 10.3. The van der Waals surface area contributed by atoms with E-state index >= 15 is 0 Å². The molecule has 2 N–H and O–H groups in total. The first-order chi connectivity index (χ1) is 7.54. The van der Waals surface area contributed by atoms with E-state index in [1.165, 1.54) is 11.3 Å². The van der Waals surface area contributed by atoms with Gasteiger partial charge in [-0.3, -0.25) is 0 Å². The summed E-state index contributed by atoms with van der Waals surface area (Å²) < 4.78 is 5.38. The Morgan fingerprint density at radius 3 is 2.56 bits per heavy atom. The first-order valence-electron chi connectivity index (χ1n) is 5.67. The molecule has 1 aromatic carbocycles. The van der Waals surface area contributed by atoms with Crippen LogP contribution in [0.15, 0.2) is 18.2 Å². The van der Waals surface area contributed by atoms with Crippen LogP contribution in [-0.4, -0.2) is 26.7 Å². The lowest BCUT2D eigenvalue weighted by atomic mass is 10.0. The summed E-state index contributed by atoms with van der Waals surface area (Å²) in [6.07, 6.45) is 3.17. The number of anilines is 1. The van der Waals surface area contributed by atoms with E-state index in [1.807, 2.05) is 20.2 Å². The molecule has 88 valence electrons. The molecule has 1 saturated carbocycles. The Bertz CT molecular complexity index is 384. The van der Waals surface area contributed by atoms with E-state index in [4.69, 9.17) is 10.5 Å². The SMILES string of the molecule is COc1ccc(N(C)C)cc1CC1(N)CC1. The number of methoxy groups -OCH3 is 1. The maximum absolute atomic E-state index is 6.16. The Kier molecular flexibility index (Phi) is 2.80. The summed E-state index contributed by atoms with van der Waals surface area (Å²) >= 11 is 0. The normalized spacial score (nSPS) is 17.0. The number of hydrogen-bond acceptors (Lipinski definition) is 3. The minimum Gasteiger partial charge on any atom is -0.496 e. The van der Waals surface area contributed by atoms with Gasteiger partial charge < -0.3 is 15.4 Å². The number of ether oxygens (including phenoxy) is 1. The summed E-state index contributed by atoms with van der Waals surface area (Å²) in [4.78, 5) is 2.10. The zero-order chi connectivity index (χ0) is 11.8. The van der Waals surface area contributed by atoms with Crippen LogP contribution in [0.2, 0.25) is 0 Å². The molecule has 0 saturated heterocycles. The Morgan fingerprint density at radius 2 is 2.06 bits per heavy atom. The van der Waals surface area contributed by atoms with Crippen LogP contribution in [0.4, 0.5) is 5.69 Å². The van der Waals surface area contributed by atoms with Crippen LogP contribution < -0.4 is 15.4 Å². The van der Waals surface area contributed by atoms with Crippen molar-refractivity contribution in [1.29, 1.82) is 0 Å². The summed E-state index contributed by atoms with van der Waals surface area (Å²) in [5.41, 5.74) is 8.60. The van der Waals surface area contributed by atoms with Gasteiger partial charge in [-0.25, -0.2) is 0 Å². The second-order valence-electron chi connectivity index (χ2n) is 4.93. The molecule has 0 atom stereocenters. The van der Waals surface area contributed by atoms with Crippen LogP contribution in [0.1, 0.15) is 18.4 Å². The molecule has 1 fully saturated rings. The van der Waals surface area contributed by atoms with Gasteiger partial charge in [0.1, 0.15) is 5.75 Å². The third kappa shape index (κ3) is 2.30. The Morgan fingerprint density at radius 1 is 1.38 bits per heavy atom. The molecule has 16 heavy (non-hydrogen) atoms. The van der Waals surface area contributed by atoms with E-state index in [0.29, 0.717) is 0 Å². The van der Waals surface area contributed by atoms with Crippen molar-refractivity contribution >= 4 is 5.69 Å². The Labute approximate surface area is 97.2 Å². The third-order valence-corrected chi connectivity index (χ3v) is 3.22. The number of rotatable bonds is 4. The predicted octanol–water partition coefficient (Wildman–Crippen LogP) is 1.79. The highest BCUT2D eigenvalue weighted by molar-refractivity contribution is 5.53. The average Bonchev–Trinajstić information content (AvgIpc) is 2.96. The number of benzene rings is 1. The first kappa shape index (κ1) is 11.3. The molecule has 3 nitrogen and oxygen atoms in total. The molecule has 0 unspecified atom stereocenters. The quantitative estimate of drug-likeness (QED) is 0.841. The lowest BCUT2D eigenvalue weighted by molar-refractivity contribution is 0.407. The second-order valence-corrected chi connectivity index (χ2v) is 4.93. The first-order valence-corrected chi connectivity index (χ1v) is 5.67. The highest BCUT2D eigenvalue weighted by Crippen LogP contribution is 2.38. The molecule has 0 spiro atoms. The predicted molar refractivity (Wildman–Crippen MR) is 67.2 cm³/mol. The van der Waals surface area contributed by atoms with Gasteiger partial charge in [0, 0.05) is 25.3 Å². The summed E-state index contributed by atoms with van der Waals surface area (Å²) in [7, 11) is 5.80. The van der Waals surface area contributed by atoms with Gasteiger partial charge in [0.25, 0.3) is 0 Å². The van der Waals surface area contributed by atoms with Gasteiger partial charge in [0.05, 0.1) is 7.11 Å². The molecule has 2 rings (SSSR count). The van der Waals surface area contributed by atoms with Gasteiger partial charge in [0.2, 0.25) is 0 Å². The van der Waals surface area contributed by atoms with Crippen LogP contribution >= 0.6 is 0 Å². The second kappa shape index (κ2) is 3.98. The molecule has 0 amide bonds. The van der Waals surface area contributed by atoms with Crippen LogP contribution in [0.5, 0.6) is 5.75 Å². The van der Waals surface area contributed by atoms with E-state index in [2.05, 4.69) is 17.0 Å². The molecule has 0 radical (unpaired) electrons. The summed E-state index contributed by atoms with van der Waals surface area (Å²) in [5.74, 6) is 0.947. The van der Waals surface area contributed by atoms with E-state index in [1.54, 1.807) is 7.11 Å². The molecule has 0 aromatic heterocycles. The van der Waals surface area contributed by atoms with Crippen molar-refractivity contribution in [2.45, 2.75) is 24.8 Å². The molecule has 1 aliphatic carbocycles. The van der Waals surface area contributed by atoms with Crippen LogP contribution in [0.3, 0.4) is 0 Å². The third-order valence-electron chi connectivity index (χ3n) is 3.22. The smallest absolute Gasteiger partial charge is 0.122 e. The molecule has 1 aliphatic rings. The summed E-state index contributed by atoms with van der Waals surface area (Å²) in [6, 6.07) is 6.26. The van der Waals surface area contributed by atoms with Gasteiger partial charge in [-0.15, -0.1) is 0 Å². The molecule has 0 bridgehead atoms. The van der Waals surface area contributed by atoms with E-state index in [9.17, 15) is 0 Å². The van der Waals surface area contributed by atoms with Gasteiger partial charge in [0.15, 0.2) is 0 Å². The maximum Gasteiger partial charge on any atom is 0.122 e. The molecule has 0 heterocycles. The van der Waals surface area contributed by atoms with Crippen molar-refractivity contribution < 1.29 is 4.74 Å². The highest BCUT2D eigenvalue weighted by Gasteiger charge is 2.38. The van der Waals surface area contributed by atoms with Crippen molar-refractivity contribution in [3.05, 3.63) is 23.8 Å². The molecule has 1 aromatic rings. The van der Waals surface area contributed by atoms with Gasteiger partial charge in [-0.1, -0.05) is 0 Å². The van der Waals surface area contributed by atoms with Crippen molar-refractivity contribution in [3.8, 4) is 5.75 Å². The highest BCUT2D eigenvalue weighted by atomic mass is 16.5. The Hall–Kier alpha value is -1.22. The molecular weight excluding hydrogens is 200 g/mol. The van der Waals surface area contributed by atoms with Gasteiger partial charge >= 0.3 is 0 Å². The number of hydrogen-bond donors (Lipinski definition) is 1.